The Hall–Kier alpha value is -0.150. The van der Waals surface area contributed by atoms with E-state index in [9.17, 15) is 8.78 Å². The van der Waals surface area contributed by atoms with Crippen LogP contribution in [-0.2, 0) is 5.67 Å². The fraction of sp³-hybridized carbons (Fsp3) is 0.333. The molecular formula is C9H8BrClF2. The first-order chi connectivity index (χ1) is 5.84. The fourth-order valence-electron chi connectivity index (χ4n) is 1.07. The van der Waals surface area contributed by atoms with Crippen molar-refractivity contribution in [1.82, 2.24) is 0 Å². The van der Waals surface area contributed by atoms with Gasteiger partial charge >= 0.3 is 0 Å². The van der Waals surface area contributed by atoms with Crippen molar-refractivity contribution in [2.45, 2.75) is 19.5 Å². The van der Waals surface area contributed by atoms with Gasteiger partial charge < -0.3 is 0 Å². The van der Waals surface area contributed by atoms with E-state index in [4.69, 9.17) is 11.6 Å². The van der Waals surface area contributed by atoms with Crippen LogP contribution in [0.5, 0.6) is 0 Å². The third-order valence-electron chi connectivity index (χ3n) is 1.64. The highest BCUT2D eigenvalue weighted by Crippen LogP contribution is 2.36. The summed E-state index contributed by atoms with van der Waals surface area (Å²) in [7, 11) is 0. The van der Waals surface area contributed by atoms with Crippen LogP contribution in [0.25, 0.3) is 0 Å². The van der Waals surface area contributed by atoms with Crippen molar-refractivity contribution in [1.29, 1.82) is 0 Å². The maximum atomic E-state index is 13.5. The van der Waals surface area contributed by atoms with Crippen molar-refractivity contribution in [3.05, 3.63) is 33.0 Å². The smallest absolute Gasteiger partial charge is 0.145 e. The molecule has 4 heteroatoms. The quantitative estimate of drug-likeness (QED) is 0.661. The summed E-state index contributed by atoms with van der Waals surface area (Å²) in [4.78, 5) is 0. The summed E-state index contributed by atoms with van der Waals surface area (Å²) >= 11 is 8.66. The second-order valence-corrected chi connectivity index (χ2v) is 4.45. The van der Waals surface area contributed by atoms with Gasteiger partial charge in [0.25, 0.3) is 0 Å². The Morgan fingerprint density at radius 1 is 1.38 bits per heavy atom. The molecule has 0 aliphatic rings. The normalized spacial score (nSPS) is 11.8. The van der Waals surface area contributed by atoms with Crippen LogP contribution >= 0.6 is 27.5 Å². The molecule has 0 N–H and O–H groups in total. The number of halogens is 4. The average Bonchev–Trinajstić information content (AvgIpc) is 1.95. The van der Waals surface area contributed by atoms with Crippen molar-refractivity contribution in [2.75, 3.05) is 0 Å². The molecule has 0 heterocycles. The van der Waals surface area contributed by atoms with Crippen LogP contribution in [0.1, 0.15) is 19.4 Å². The zero-order valence-electron chi connectivity index (χ0n) is 7.17. The van der Waals surface area contributed by atoms with Crippen molar-refractivity contribution >= 4 is 27.5 Å². The van der Waals surface area contributed by atoms with Crippen LogP contribution in [0.2, 0.25) is 5.02 Å². The van der Waals surface area contributed by atoms with Crippen molar-refractivity contribution in [3.8, 4) is 0 Å². The molecule has 0 atom stereocenters. The molecule has 0 fully saturated rings. The van der Waals surface area contributed by atoms with E-state index in [1.165, 1.54) is 26.0 Å². The Bertz CT molecular complexity index is 331. The van der Waals surface area contributed by atoms with E-state index in [1.54, 1.807) is 0 Å². The van der Waals surface area contributed by atoms with E-state index in [-0.39, 0.29) is 15.1 Å². The average molecular weight is 270 g/mol. The largest absolute Gasteiger partial charge is 0.239 e. The molecule has 0 unspecified atom stereocenters. The number of benzene rings is 1. The molecule has 0 saturated heterocycles. The van der Waals surface area contributed by atoms with Gasteiger partial charge in [-0.2, -0.15) is 0 Å². The molecule has 72 valence electrons. The monoisotopic (exact) mass is 268 g/mol. The number of hydrogen-bond acceptors (Lipinski definition) is 0. The minimum atomic E-state index is -1.77. The predicted molar refractivity (Wildman–Crippen MR) is 53.2 cm³/mol. The summed E-state index contributed by atoms with van der Waals surface area (Å²) in [6.45, 7) is 2.54. The molecule has 0 aliphatic heterocycles. The summed E-state index contributed by atoms with van der Waals surface area (Å²) in [6, 6.07) is 2.91. The molecule has 0 amide bonds. The Kier molecular flexibility index (Phi) is 2.98. The molecule has 1 aromatic carbocycles. The number of rotatable bonds is 1. The van der Waals surface area contributed by atoms with Gasteiger partial charge in [-0.3, -0.25) is 0 Å². The van der Waals surface area contributed by atoms with E-state index in [0.717, 1.165) is 0 Å². The van der Waals surface area contributed by atoms with Gasteiger partial charge in [0.2, 0.25) is 0 Å². The minimum absolute atomic E-state index is 0.105. The SMILES string of the molecule is CC(C)(F)c1c(Cl)ccc(Br)c1F. The van der Waals surface area contributed by atoms with E-state index in [2.05, 4.69) is 15.9 Å². The van der Waals surface area contributed by atoms with Gasteiger partial charge in [-0.1, -0.05) is 11.6 Å². The van der Waals surface area contributed by atoms with Crippen LogP contribution in [-0.4, -0.2) is 0 Å². The Morgan fingerprint density at radius 2 is 1.92 bits per heavy atom. The Morgan fingerprint density at radius 3 is 2.31 bits per heavy atom. The lowest BCUT2D eigenvalue weighted by Gasteiger charge is -2.17. The van der Waals surface area contributed by atoms with Gasteiger partial charge in [-0.15, -0.1) is 0 Å². The first-order valence-electron chi connectivity index (χ1n) is 3.67. The van der Waals surface area contributed by atoms with E-state index < -0.39 is 11.5 Å². The molecular weight excluding hydrogens is 261 g/mol. The van der Waals surface area contributed by atoms with Crippen molar-refractivity contribution < 1.29 is 8.78 Å². The molecule has 13 heavy (non-hydrogen) atoms. The second-order valence-electron chi connectivity index (χ2n) is 3.19. The summed E-state index contributed by atoms with van der Waals surface area (Å²) in [5.41, 5.74) is -1.88. The molecule has 0 aromatic heterocycles. The predicted octanol–water partition coefficient (Wildman–Crippen LogP) is 4.45. The van der Waals surface area contributed by atoms with E-state index >= 15 is 0 Å². The topological polar surface area (TPSA) is 0 Å². The zero-order chi connectivity index (χ0) is 10.2. The lowest BCUT2D eigenvalue weighted by Crippen LogP contribution is -2.12. The van der Waals surface area contributed by atoms with Gasteiger partial charge in [0, 0.05) is 10.6 Å². The lowest BCUT2D eigenvalue weighted by atomic mass is 10.00. The Labute approximate surface area is 89.0 Å². The summed E-state index contributed by atoms with van der Waals surface area (Å²) < 4.78 is 27.1. The number of hydrogen-bond donors (Lipinski definition) is 0. The van der Waals surface area contributed by atoms with Crippen LogP contribution in [0.4, 0.5) is 8.78 Å². The highest BCUT2D eigenvalue weighted by Gasteiger charge is 2.27. The van der Waals surface area contributed by atoms with Crippen molar-refractivity contribution in [2.24, 2.45) is 0 Å². The second kappa shape index (κ2) is 3.54. The molecule has 0 spiro atoms. The van der Waals surface area contributed by atoms with Gasteiger partial charge in [0.15, 0.2) is 0 Å². The first-order valence-corrected chi connectivity index (χ1v) is 4.84. The Balaban J connectivity index is 3.43. The molecule has 1 rings (SSSR count). The van der Waals surface area contributed by atoms with Gasteiger partial charge in [-0.05, 0) is 41.9 Å². The minimum Gasteiger partial charge on any atom is -0.239 e. The third-order valence-corrected chi connectivity index (χ3v) is 2.57. The molecule has 0 radical (unpaired) electrons. The highest BCUT2D eigenvalue weighted by molar-refractivity contribution is 9.10. The molecule has 0 aliphatic carbocycles. The van der Waals surface area contributed by atoms with Crippen LogP contribution in [0.3, 0.4) is 0 Å². The molecule has 0 nitrogen and oxygen atoms in total. The molecule has 0 bridgehead atoms. The van der Waals surface area contributed by atoms with Gasteiger partial charge in [-0.25, -0.2) is 8.78 Å². The molecule has 1 aromatic rings. The van der Waals surface area contributed by atoms with Crippen LogP contribution < -0.4 is 0 Å². The standard InChI is InChI=1S/C9H8BrClF2/c1-9(2,13)7-6(11)4-3-5(10)8(7)12/h3-4H,1-2H3. The first kappa shape index (κ1) is 10.9. The summed E-state index contributed by atoms with van der Waals surface area (Å²) in [5, 5.41) is 0.105. The zero-order valence-corrected chi connectivity index (χ0v) is 9.51. The van der Waals surface area contributed by atoms with Crippen LogP contribution in [0, 0.1) is 5.82 Å². The van der Waals surface area contributed by atoms with Gasteiger partial charge in [0.1, 0.15) is 11.5 Å². The van der Waals surface area contributed by atoms with E-state index in [0.29, 0.717) is 0 Å². The highest BCUT2D eigenvalue weighted by atomic mass is 79.9. The summed E-state index contributed by atoms with van der Waals surface area (Å²) in [5.74, 6) is -0.639. The van der Waals surface area contributed by atoms with Crippen molar-refractivity contribution in [3.63, 3.8) is 0 Å². The summed E-state index contributed by atoms with van der Waals surface area (Å²) in [6.07, 6.45) is 0. The van der Waals surface area contributed by atoms with E-state index in [1.807, 2.05) is 0 Å². The molecule has 0 saturated carbocycles. The maximum Gasteiger partial charge on any atom is 0.145 e. The lowest BCUT2D eigenvalue weighted by molar-refractivity contribution is 0.213. The van der Waals surface area contributed by atoms with Gasteiger partial charge in [0.05, 0.1) is 4.47 Å². The number of alkyl halides is 1. The van der Waals surface area contributed by atoms with Crippen LogP contribution in [0.15, 0.2) is 16.6 Å². The fourth-order valence-corrected chi connectivity index (χ4v) is 1.77. The maximum absolute atomic E-state index is 13.5. The third kappa shape index (κ3) is 2.20.